The minimum Gasteiger partial charge on any atom is -0.491 e. The summed E-state index contributed by atoms with van der Waals surface area (Å²) in [5, 5.41) is 2.59. The van der Waals surface area contributed by atoms with Crippen LogP contribution in [0.1, 0.15) is 70.8 Å². The zero-order valence-corrected chi connectivity index (χ0v) is 36.0. The highest BCUT2D eigenvalue weighted by Crippen LogP contribution is 2.56. The molecular weight excluding hydrogens is 749 g/mol. The van der Waals surface area contributed by atoms with Gasteiger partial charge in [-0.2, -0.15) is 0 Å². The lowest BCUT2D eigenvalue weighted by atomic mass is 9.69. The Morgan fingerprint density at radius 2 is 1.06 bits per heavy atom. The van der Waals surface area contributed by atoms with E-state index in [0.29, 0.717) is 6.61 Å². The summed E-state index contributed by atoms with van der Waals surface area (Å²) in [4.78, 5) is 0. The number of allylic oxidation sites excluding steroid dienone is 5. The third kappa shape index (κ3) is 6.48. The summed E-state index contributed by atoms with van der Waals surface area (Å²) < 4.78 is 6.67. The van der Waals surface area contributed by atoms with Gasteiger partial charge in [0.05, 0.1) is 5.41 Å². The Bertz CT molecular complexity index is 3100. The number of benzene rings is 8. The van der Waals surface area contributed by atoms with Gasteiger partial charge in [-0.3, -0.25) is 0 Å². The van der Waals surface area contributed by atoms with Crippen LogP contribution in [-0.2, 0) is 10.8 Å². The van der Waals surface area contributed by atoms with Crippen LogP contribution >= 0.6 is 0 Å². The fourth-order valence-corrected chi connectivity index (χ4v) is 10.1. The van der Waals surface area contributed by atoms with Crippen LogP contribution in [-0.4, -0.2) is 6.61 Å². The van der Waals surface area contributed by atoms with E-state index in [2.05, 4.69) is 209 Å². The molecule has 3 aliphatic rings. The Morgan fingerprint density at radius 3 is 1.82 bits per heavy atom. The van der Waals surface area contributed by atoms with E-state index in [1.807, 2.05) is 31.2 Å². The molecule has 0 radical (unpaired) electrons. The van der Waals surface area contributed by atoms with Crippen molar-refractivity contribution < 1.29 is 4.74 Å². The SMILES string of the molecule is C=C1c2ccccc2OCC2(c3cc(\C=C/C=C\C=C\C)ccc31)c1ccccc1-c1ccccc12.Cc1ccc2c(c1)C(C)(C)c1cc(-c3ccc4ccccc4c3)ccc1-2. The summed E-state index contributed by atoms with van der Waals surface area (Å²) in [6.07, 6.45) is 12.4. The average molecular weight is 799 g/mol. The molecule has 2 aliphatic carbocycles. The van der Waals surface area contributed by atoms with Gasteiger partial charge in [0.25, 0.3) is 0 Å². The van der Waals surface area contributed by atoms with Crippen molar-refractivity contribution in [2.24, 2.45) is 0 Å². The van der Waals surface area contributed by atoms with E-state index >= 15 is 0 Å². The van der Waals surface area contributed by atoms with Crippen LogP contribution in [0.25, 0.3) is 55.8 Å². The first-order valence-electron chi connectivity index (χ1n) is 21.7. The van der Waals surface area contributed by atoms with Crippen molar-refractivity contribution in [2.45, 2.75) is 38.5 Å². The van der Waals surface area contributed by atoms with E-state index in [0.717, 1.165) is 22.4 Å². The summed E-state index contributed by atoms with van der Waals surface area (Å²) in [6, 6.07) is 61.7. The smallest absolute Gasteiger partial charge is 0.127 e. The fourth-order valence-electron chi connectivity index (χ4n) is 10.1. The molecule has 0 aromatic heterocycles. The largest absolute Gasteiger partial charge is 0.491 e. The van der Waals surface area contributed by atoms with Gasteiger partial charge in [0.15, 0.2) is 0 Å². The van der Waals surface area contributed by atoms with Gasteiger partial charge in [-0.1, -0.05) is 208 Å². The van der Waals surface area contributed by atoms with Gasteiger partial charge >= 0.3 is 0 Å². The van der Waals surface area contributed by atoms with Crippen molar-refractivity contribution in [1.82, 2.24) is 0 Å². The van der Waals surface area contributed by atoms with E-state index < -0.39 is 5.41 Å². The third-order valence-electron chi connectivity index (χ3n) is 13.3. The molecule has 1 heterocycles. The first kappa shape index (κ1) is 38.9. The van der Waals surface area contributed by atoms with Gasteiger partial charge in [0.2, 0.25) is 0 Å². The number of para-hydroxylation sites is 1. The molecule has 0 amide bonds. The number of aryl methyl sites for hydroxylation is 1. The first-order valence-corrected chi connectivity index (χ1v) is 21.7. The van der Waals surface area contributed by atoms with Crippen LogP contribution in [0.15, 0.2) is 207 Å². The second-order valence-corrected chi connectivity index (χ2v) is 17.3. The van der Waals surface area contributed by atoms with Crippen LogP contribution in [0.5, 0.6) is 5.75 Å². The number of ether oxygens (including phenoxy) is 1. The molecule has 0 atom stereocenters. The van der Waals surface area contributed by atoms with Crippen molar-refractivity contribution >= 4 is 22.4 Å². The van der Waals surface area contributed by atoms with Crippen LogP contribution < -0.4 is 4.74 Å². The minimum atomic E-state index is -0.441. The summed E-state index contributed by atoms with van der Waals surface area (Å²) in [6.45, 7) is 14.0. The number of hydrogen-bond donors (Lipinski definition) is 0. The highest BCUT2D eigenvalue weighted by molar-refractivity contribution is 5.91. The van der Waals surface area contributed by atoms with E-state index in [-0.39, 0.29) is 5.41 Å². The molecule has 8 aromatic carbocycles. The van der Waals surface area contributed by atoms with Crippen molar-refractivity contribution in [3.63, 3.8) is 0 Å². The maximum Gasteiger partial charge on any atom is 0.127 e. The van der Waals surface area contributed by atoms with Crippen LogP contribution in [0.3, 0.4) is 0 Å². The molecule has 0 unspecified atom stereocenters. The van der Waals surface area contributed by atoms with Crippen molar-refractivity contribution in [3.8, 4) is 39.1 Å². The third-order valence-corrected chi connectivity index (χ3v) is 13.3. The van der Waals surface area contributed by atoms with Crippen molar-refractivity contribution in [2.75, 3.05) is 6.61 Å². The molecule has 1 nitrogen and oxygen atoms in total. The normalized spacial score (nSPS) is 14.9. The van der Waals surface area contributed by atoms with Crippen molar-refractivity contribution in [3.05, 3.63) is 257 Å². The topological polar surface area (TPSA) is 9.23 Å². The van der Waals surface area contributed by atoms with Gasteiger partial charge in [0.1, 0.15) is 12.4 Å². The molecule has 62 heavy (non-hydrogen) atoms. The van der Waals surface area contributed by atoms with Crippen LogP contribution in [0.2, 0.25) is 0 Å². The Labute approximate surface area is 366 Å². The van der Waals surface area contributed by atoms with E-state index in [1.165, 1.54) is 83.1 Å². The second-order valence-electron chi connectivity index (χ2n) is 17.3. The molecule has 0 N–H and O–H groups in total. The molecule has 0 fully saturated rings. The molecule has 1 aliphatic heterocycles. The zero-order chi connectivity index (χ0) is 42.4. The molecule has 0 saturated carbocycles. The molecule has 0 bridgehead atoms. The van der Waals surface area contributed by atoms with Crippen LogP contribution in [0.4, 0.5) is 0 Å². The van der Waals surface area contributed by atoms with Crippen molar-refractivity contribution in [1.29, 1.82) is 0 Å². The minimum absolute atomic E-state index is 0.0452. The van der Waals surface area contributed by atoms with E-state index in [9.17, 15) is 0 Å². The number of hydrogen-bond acceptors (Lipinski definition) is 1. The van der Waals surface area contributed by atoms with Gasteiger partial charge in [-0.25, -0.2) is 0 Å². The number of rotatable bonds is 4. The molecule has 1 spiro atoms. The van der Waals surface area contributed by atoms with Gasteiger partial charge in [-0.05, 0) is 127 Å². The number of fused-ring (bicyclic) bond motifs is 12. The Balaban J connectivity index is 0.000000156. The molecule has 8 aromatic rings. The molecule has 300 valence electrons. The summed E-state index contributed by atoms with van der Waals surface area (Å²) in [5.74, 6) is 0.882. The summed E-state index contributed by atoms with van der Waals surface area (Å²) in [7, 11) is 0. The highest BCUT2D eigenvalue weighted by atomic mass is 16.5. The summed E-state index contributed by atoms with van der Waals surface area (Å²) >= 11 is 0. The monoisotopic (exact) mass is 798 g/mol. The predicted molar refractivity (Wildman–Crippen MR) is 263 cm³/mol. The van der Waals surface area contributed by atoms with Gasteiger partial charge < -0.3 is 4.74 Å². The fraction of sp³-hybridized carbons (Fsp3) is 0.115. The molecular formula is C61H50O. The standard InChI is InChI=1S/C35H28O.C26H22/c1-3-4-5-6-7-14-26-21-22-27-25(2)28-15-10-13-20-34(28)36-24-35(33(27)23-26)31-18-11-8-16-29(31)30-17-9-12-19-32(30)35;1-17-8-12-22-23-13-11-21(16-25(23)26(2,3)24(22)14-17)20-10-9-18-6-4-5-7-19(18)15-20/h3-23H,2,24H2,1H3;4-16H,1-3H3/b4-3+,6-5-,14-7-;. The Kier molecular flexibility index (Phi) is 9.84. The average Bonchev–Trinajstić information content (AvgIpc) is 3.72. The second kappa shape index (κ2) is 15.7. The Morgan fingerprint density at radius 1 is 0.484 bits per heavy atom. The van der Waals surface area contributed by atoms with Gasteiger partial charge in [0, 0.05) is 11.0 Å². The quantitative estimate of drug-likeness (QED) is 0.161. The summed E-state index contributed by atoms with van der Waals surface area (Å²) in [5.41, 5.74) is 19.9. The van der Waals surface area contributed by atoms with Crippen LogP contribution in [0, 0.1) is 6.92 Å². The maximum atomic E-state index is 6.67. The molecule has 11 rings (SSSR count). The zero-order valence-electron chi connectivity index (χ0n) is 36.0. The van der Waals surface area contributed by atoms with E-state index in [4.69, 9.17) is 4.74 Å². The lowest BCUT2D eigenvalue weighted by Crippen LogP contribution is -2.36. The highest BCUT2D eigenvalue weighted by Gasteiger charge is 2.47. The molecule has 0 saturated heterocycles. The van der Waals surface area contributed by atoms with Gasteiger partial charge in [-0.15, -0.1) is 0 Å². The lowest BCUT2D eigenvalue weighted by molar-refractivity contribution is 0.266. The maximum absolute atomic E-state index is 6.67. The van der Waals surface area contributed by atoms with E-state index in [1.54, 1.807) is 0 Å². The molecule has 1 heteroatoms. The predicted octanol–water partition coefficient (Wildman–Crippen LogP) is 15.7. The first-order chi connectivity index (χ1) is 30.3. The Hall–Kier alpha value is -7.22. The lowest BCUT2D eigenvalue weighted by Gasteiger charge is -2.37.